The second-order valence-corrected chi connectivity index (χ2v) is 9.71. The summed E-state index contributed by atoms with van der Waals surface area (Å²) in [4.78, 5) is 31.1. The van der Waals surface area contributed by atoms with Gasteiger partial charge in [0.1, 0.15) is 5.56 Å². The molecule has 0 bridgehead atoms. The highest BCUT2D eigenvalue weighted by molar-refractivity contribution is 5.92. The Bertz CT molecular complexity index is 1660. The summed E-state index contributed by atoms with van der Waals surface area (Å²) in [6.07, 6.45) is 7.64. The number of tetrazole rings is 1. The van der Waals surface area contributed by atoms with Crippen LogP contribution in [0.25, 0.3) is 28.5 Å². The van der Waals surface area contributed by atoms with Gasteiger partial charge in [-0.05, 0) is 43.5 Å². The molecule has 1 N–H and O–H groups in total. The fourth-order valence-corrected chi connectivity index (χ4v) is 4.67. The molecule has 4 aromatic heterocycles. The molecule has 5 rings (SSSR count). The maximum Gasteiger partial charge on any atom is 0.343 e. The smallest absolute Gasteiger partial charge is 0.343 e. The van der Waals surface area contributed by atoms with Crippen molar-refractivity contribution < 1.29 is 9.53 Å². The first-order valence-electron chi connectivity index (χ1n) is 13.2. The Hall–Kier alpha value is -4.87. The zero-order chi connectivity index (χ0) is 28.2. The van der Waals surface area contributed by atoms with E-state index in [0.717, 1.165) is 40.9 Å². The molecule has 0 saturated carbocycles. The van der Waals surface area contributed by atoms with Gasteiger partial charge in [0.2, 0.25) is 5.82 Å². The van der Waals surface area contributed by atoms with Gasteiger partial charge in [-0.15, -0.1) is 10.2 Å². The van der Waals surface area contributed by atoms with Gasteiger partial charge in [0.25, 0.3) is 0 Å². The van der Waals surface area contributed by atoms with E-state index in [0.29, 0.717) is 24.6 Å². The SMILES string of the molecule is CCCCc1cn(-c2c(C(=O)OC)cnn2C(C)C)c(=O)n1Cc1ccc(-c2ccccc2-c2nn[nH]n2)nc1. The van der Waals surface area contributed by atoms with Crippen LogP contribution in [0.2, 0.25) is 0 Å². The number of pyridine rings is 1. The van der Waals surface area contributed by atoms with Gasteiger partial charge in [0.15, 0.2) is 5.82 Å². The third kappa shape index (κ3) is 5.07. The molecule has 4 heterocycles. The number of carbonyl (C=O) groups excluding carboxylic acids is 1. The highest BCUT2D eigenvalue weighted by Crippen LogP contribution is 2.28. The number of ether oxygens (including phenoxy) is 1. The summed E-state index contributed by atoms with van der Waals surface area (Å²) in [5.41, 5.74) is 4.15. The number of hydrogen-bond donors (Lipinski definition) is 1. The van der Waals surface area contributed by atoms with Crippen molar-refractivity contribution in [2.75, 3.05) is 7.11 Å². The lowest BCUT2D eigenvalue weighted by molar-refractivity contribution is 0.0600. The number of nitrogens with zero attached hydrogens (tertiary/aromatic N) is 8. The summed E-state index contributed by atoms with van der Waals surface area (Å²) in [6, 6.07) is 11.5. The van der Waals surface area contributed by atoms with Crippen LogP contribution in [0.4, 0.5) is 0 Å². The van der Waals surface area contributed by atoms with Crippen molar-refractivity contribution in [3.63, 3.8) is 0 Å². The molecule has 40 heavy (non-hydrogen) atoms. The van der Waals surface area contributed by atoms with Gasteiger partial charge in [-0.3, -0.25) is 14.1 Å². The predicted molar refractivity (Wildman–Crippen MR) is 148 cm³/mol. The standard InChI is InChI=1S/C28H31N9O3/c1-5-6-9-20-17-36(26-23(27(38)40-4)15-30-37(26)18(2)3)28(39)35(20)16-19-12-13-24(29-14-19)21-10-7-8-11-22(21)25-31-33-34-32-25/h7-8,10-15,17-18H,5-6,9,16H2,1-4H3,(H,31,32,33,34). The number of methoxy groups -OCH3 is 1. The van der Waals surface area contributed by atoms with Crippen molar-refractivity contribution in [2.45, 2.75) is 52.6 Å². The summed E-state index contributed by atoms with van der Waals surface area (Å²) in [5, 5.41) is 18.7. The van der Waals surface area contributed by atoms with Crippen molar-refractivity contribution in [3.8, 4) is 28.5 Å². The van der Waals surface area contributed by atoms with Crippen LogP contribution in [0.3, 0.4) is 0 Å². The molecule has 0 aliphatic rings. The molecule has 0 saturated heterocycles. The molecule has 0 aliphatic carbocycles. The van der Waals surface area contributed by atoms with Crippen LogP contribution in [0, 0.1) is 0 Å². The first kappa shape index (κ1) is 26.7. The number of aromatic nitrogens is 9. The van der Waals surface area contributed by atoms with Crippen LogP contribution in [-0.2, 0) is 17.7 Å². The molecule has 0 unspecified atom stereocenters. The maximum absolute atomic E-state index is 13.8. The average molecular weight is 542 g/mol. The number of rotatable bonds is 10. The molecule has 1 aromatic carbocycles. The number of aryl methyl sites for hydroxylation is 1. The molecule has 12 heteroatoms. The molecule has 0 aliphatic heterocycles. The molecule has 0 spiro atoms. The first-order valence-corrected chi connectivity index (χ1v) is 13.2. The molecule has 0 amide bonds. The predicted octanol–water partition coefficient (Wildman–Crippen LogP) is 3.84. The largest absolute Gasteiger partial charge is 0.465 e. The van der Waals surface area contributed by atoms with Gasteiger partial charge in [-0.2, -0.15) is 10.3 Å². The van der Waals surface area contributed by atoms with Crippen LogP contribution in [0.1, 0.15) is 61.3 Å². The maximum atomic E-state index is 13.8. The summed E-state index contributed by atoms with van der Waals surface area (Å²) in [5.74, 6) is 0.342. The van der Waals surface area contributed by atoms with Crippen LogP contribution < -0.4 is 5.69 Å². The molecule has 0 fully saturated rings. The number of hydrogen-bond acceptors (Lipinski definition) is 8. The minimum atomic E-state index is -0.544. The lowest BCUT2D eigenvalue weighted by atomic mass is 10.0. The summed E-state index contributed by atoms with van der Waals surface area (Å²) < 4.78 is 9.88. The third-order valence-corrected chi connectivity index (χ3v) is 6.69. The van der Waals surface area contributed by atoms with E-state index in [1.165, 1.54) is 17.9 Å². The minimum absolute atomic E-state index is 0.0742. The Kier molecular flexibility index (Phi) is 7.67. The van der Waals surface area contributed by atoms with E-state index in [2.05, 4.69) is 32.6 Å². The quantitative estimate of drug-likeness (QED) is 0.263. The summed E-state index contributed by atoms with van der Waals surface area (Å²) in [6.45, 7) is 6.33. The normalized spacial score (nSPS) is 11.3. The van der Waals surface area contributed by atoms with Crippen molar-refractivity contribution in [1.29, 1.82) is 0 Å². The number of imidazole rings is 1. The van der Waals surface area contributed by atoms with Gasteiger partial charge in [-0.25, -0.2) is 14.3 Å². The lowest BCUT2D eigenvalue weighted by Gasteiger charge is -2.12. The van der Waals surface area contributed by atoms with E-state index >= 15 is 0 Å². The van der Waals surface area contributed by atoms with Crippen LogP contribution >= 0.6 is 0 Å². The van der Waals surface area contributed by atoms with Gasteiger partial charge < -0.3 is 4.74 Å². The second-order valence-electron chi connectivity index (χ2n) is 9.71. The van der Waals surface area contributed by atoms with Crippen LogP contribution in [0.15, 0.2) is 59.8 Å². The molecular formula is C28H31N9O3. The first-order chi connectivity index (χ1) is 19.4. The minimum Gasteiger partial charge on any atom is -0.465 e. The highest BCUT2D eigenvalue weighted by Gasteiger charge is 2.25. The molecule has 206 valence electrons. The van der Waals surface area contributed by atoms with Crippen molar-refractivity contribution in [1.82, 2.24) is 44.5 Å². The van der Waals surface area contributed by atoms with E-state index in [1.54, 1.807) is 15.4 Å². The zero-order valence-corrected chi connectivity index (χ0v) is 22.9. The van der Waals surface area contributed by atoms with Crippen molar-refractivity contribution >= 4 is 5.97 Å². The molecule has 12 nitrogen and oxygen atoms in total. The Balaban J connectivity index is 1.52. The van der Waals surface area contributed by atoms with E-state index in [9.17, 15) is 9.59 Å². The number of H-pyrrole nitrogens is 1. The van der Waals surface area contributed by atoms with E-state index in [-0.39, 0.29) is 17.3 Å². The number of benzene rings is 1. The monoisotopic (exact) mass is 541 g/mol. The Morgan fingerprint density at radius 2 is 1.90 bits per heavy atom. The second kappa shape index (κ2) is 11.5. The topological polar surface area (TPSA) is 138 Å². The number of esters is 1. The lowest BCUT2D eigenvalue weighted by Crippen LogP contribution is -2.27. The number of unbranched alkanes of at least 4 members (excludes halogenated alkanes) is 1. The highest BCUT2D eigenvalue weighted by atomic mass is 16.5. The fourth-order valence-electron chi connectivity index (χ4n) is 4.67. The van der Waals surface area contributed by atoms with Crippen LogP contribution in [-0.4, -0.2) is 57.6 Å². The van der Waals surface area contributed by atoms with Gasteiger partial charge >= 0.3 is 11.7 Å². The Morgan fingerprint density at radius 1 is 1.10 bits per heavy atom. The number of aromatic amines is 1. The molecule has 5 aromatic rings. The van der Waals surface area contributed by atoms with Gasteiger partial charge in [-0.1, -0.05) is 43.7 Å². The Labute approximate surface area is 230 Å². The van der Waals surface area contributed by atoms with Gasteiger partial charge in [0, 0.05) is 35.3 Å². The molecule has 0 atom stereocenters. The van der Waals surface area contributed by atoms with Crippen molar-refractivity contribution in [2.24, 2.45) is 0 Å². The fraction of sp³-hybridized carbons (Fsp3) is 0.321. The Morgan fingerprint density at radius 3 is 2.55 bits per heavy atom. The molecule has 0 radical (unpaired) electrons. The summed E-state index contributed by atoms with van der Waals surface area (Å²) in [7, 11) is 1.32. The van der Waals surface area contributed by atoms with E-state index in [1.807, 2.05) is 56.4 Å². The van der Waals surface area contributed by atoms with E-state index in [4.69, 9.17) is 9.72 Å². The van der Waals surface area contributed by atoms with Crippen LogP contribution in [0.5, 0.6) is 0 Å². The summed E-state index contributed by atoms with van der Waals surface area (Å²) >= 11 is 0. The van der Waals surface area contributed by atoms with Crippen molar-refractivity contribution in [3.05, 3.63) is 82.3 Å². The number of nitrogens with one attached hydrogen (secondary N) is 1. The molecular weight excluding hydrogens is 510 g/mol. The number of carbonyl (C=O) groups is 1. The van der Waals surface area contributed by atoms with E-state index < -0.39 is 5.97 Å². The van der Waals surface area contributed by atoms with Gasteiger partial charge in [0.05, 0.1) is 25.5 Å². The third-order valence-electron chi connectivity index (χ3n) is 6.69. The zero-order valence-electron chi connectivity index (χ0n) is 22.9. The average Bonchev–Trinajstić information content (AvgIpc) is 3.72.